The minimum absolute atomic E-state index is 0.219. The zero-order valence-corrected chi connectivity index (χ0v) is 11.3. The van der Waals surface area contributed by atoms with Crippen LogP contribution in [0.25, 0.3) is 11.6 Å². The van der Waals surface area contributed by atoms with Crippen LogP contribution in [-0.2, 0) is 6.42 Å². The third kappa shape index (κ3) is 3.05. The van der Waals surface area contributed by atoms with Crippen molar-refractivity contribution in [2.24, 2.45) is 0 Å². The summed E-state index contributed by atoms with van der Waals surface area (Å²) in [6, 6.07) is 5.34. The van der Waals surface area contributed by atoms with E-state index in [1.807, 2.05) is 6.07 Å². The summed E-state index contributed by atoms with van der Waals surface area (Å²) in [6.07, 6.45) is 3.85. The van der Waals surface area contributed by atoms with Gasteiger partial charge in [0.25, 0.3) is 5.89 Å². The zero-order valence-electron chi connectivity index (χ0n) is 11.3. The molecule has 0 aromatic carbocycles. The van der Waals surface area contributed by atoms with E-state index in [0.29, 0.717) is 23.8 Å². The summed E-state index contributed by atoms with van der Waals surface area (Å²) in [6.45, 7) is 0.249. The molecule has 0 saturated carbocycles. The van der Waals surface area contributed by atoms with E-state index in [4.69, 9.17) is 4.52 Å². The predicted octanol–water partition coefficient (Wildman–Crippen LogP) is 2.46. The Morgan fingerprint density at radius 2 is 1.95 bits per heavy atom. The van der Waals surface area contributed by atoms with E-state index in [1.165, 1.54) is 0 Å². The van der Waals surface area contributed by atoms with Gasteiger partial charge < -0.3 is 9.84 Å². The molecule has 0 fully saturated rings. The van der Waals surface area contributed by atoms with Gasteiger partial charge in [0, 0.05) is 19.2 Å². The smallest absolute Gasteiger partial charge is 0.276 e. The summed E-state index contributed by atoms with van der Waals surface area (Å²) < 4.78 is 31.8. The predicted molar refractivity (Wildman–Crippen MR) is 73.9 cm³/mol. The lowest BCUT2D eigenvalue weighted by molar-refractivity contribution is 0.421. The molecule has 22 heavy (non-hydrogen) atoms. The molecule has 3 aromatic heterocycles. The van der Waals surface area contributed by atoms with Gasteiger partial charge in [-0.3, -0.25) is 9.97 Å². The van der Waals surface area contributed by atoms with Crippen molar-refractivity contribution in [1.82, 2.24) is 20.1 Å². The van der Waals surface area contributed by atoms with E-state index < -0.39 is 11.6 Å². The summed E-state index contributed by atoms with van der Waals surface area (Å²) in [5.74, 6) is -0.774. The third-order valence-corrected chi connectivity index (χ3v) is 2.86. The van der Waals surface area contributed by atoms with Crippen molar-refractivity contribution >= 4 is 5.69 Å². The molecule has 0 radical (unpaired) electrons. The van der Waals surface area contributed by atoms with Crippen LogP contribution < -0.4 is 5.32 Å². The number of hydrogen-bond donors (Lipinski definition) is 1. The quantitative estimate of drug-likeness (QED) is 0.780. The summed E-state index contributed by atoms with van der Waals surface area (Å²) in [5.41, 5.74) is 0.351. The fourth-order valence-electron chi connectivity index (χ4n) is 1.83. The van der Waals surface area contributed by atoms with Crippen LogP contribution in [-0.4, -0.2) is 26.7 Å². The Kier molecular flexibility index (Phi) is 3.99. The van der Waals surface area contributed by atoms with Crippen LogP contribution in [0.4, 0.5) is 14.5 Å². The molecular weight excluding hydrogens is 292 g/mol. The fraction of sp³-hybridized carbons (Fsp3) is 0.143. The van der Waals surface area contributed by atoms with Gasteiger partial charge in [0.1, 0.15) is 11.4 Å². The number of anilines is 1. The molecule has 3 heterocycles. The van der Waals surface area contributed by atoms with E-state index in [-0.39, 0.29) is 12.2 Å². The largest absolute Gasteiger partial charge is 0.380 e. The number of halogens is 2. The molecule has 8 heteroatoms. The average molecular weight is 303 g/mol. The fourth-order valence-corrected chi connectivity index (χ4v) is 1.83. The van der Waals surface area contributed by atoms with Crippen LogP contribution in [0.15, 0.2) is 41.3 Å². The van der Waals surface area contributed by atoms with Crippen LogP contribution in [0, 0.1) is 11.6 Å². The number of aromatic nitrogens is 4. The molecule has 0 atom stereocenters. The second-order valence-corrected chi connectivity index (χ2v) is 4.39. The molecule has 0 bridgehead atoms. The Hall–Kier alpha value is -2.90. The molecule has 0 aliphatic heterocycles. The molecule has 0 aliphatic rings. The molecule has 112 valence electrons. The highest BCUT2D eigenvalue weighted by Crippen LogP contribution is 2.17. The summed E-state index contributed by atoms with van der Waals surface area (Å²) in [5, 5.41) is 6.45. The minimum Gasteiger partial charge on any atom is -0.380 e. The van der Waals surface area contributed by atoms with Gasteiger partial charge in [-0.25, -0.2) is 8.78 Å². The Balaban J connectivity index is 1.62. The van der Waals surface area contributed by atoms with Gasteiger partial charge >= 0.3 is 0 Å². The highest BCUT2D eigenvalue weighted by atomic mass is 19.1. The van der Waals surface area contributed by atoms with Gasteiger partial charge in [-0.05, 0) is 12.1 Å². The molecule has 3 aromatic rings. The van der Waals surface area contributed by atoms with Gasteiger partial charge in [0.2, 0.25) is 0 Å². The molecule has 6 nitrogen and oxygen atoms in total. The Morgan fingerprint density at radius 3 is 2.68 bits per heavy atom. The van der Waals surface area contributed by atoms with E-state index >= 15 is 0 Å². The molecule has 1 N–H and O–H groups in total. The standard InChI is InChI=1S/C14H11F2N5O/c15-9-7-17-8-10(16)13(9)19-6-4-12-20-14(22-21-12)11-3-1-2-5-18-11/h1-3,5,7-8H,4,6H2,(H,17,19). The molecule has 0 saturated heterocycles. The van der Waals surface area contributed by atoms with Crippen molar-refractivity contribution in [1.29, 1.82) is 0 Å². The first-order valence-electron chi connectivity index (χ1n) is 6.51. The lowest BCUT2D eigenvalue weighted by Crippen LogP contribution is -2.09. The first-order valence-corrected chi connectivity index (χ1v) is 6.51. The van der Waals surface area contributed by atoms with Gasteiger partial charge in [0.15, 0.2) is 17.5 Å². The number of nitrogens with zero attached hydrogens (tertiary/aromatic N) is 4. The summed E-state index contributed by atoms with van der Waals surface area (Å²) in [4.78, 5) is 11.7. The number of rotatable bonds is 5. The van der Waals surface area contributed by atoms with Crippen LogP contribution in [0.5, 0.6) is 0 Å². The molecule has 3 rings (SSSR count). The first kappa shape index (κ1) is 14.1. The van der Waals surface area contributed by atoms with Crippen molar-refractivity contribution in [3.05, 3.63) is 54.2 Å². The van der Waals surface area contributed by atoms with Crippen LogP contribution in [0.2, 0.25) is 0 Å². The second-order valence-electron chi connectivity index (χ2n) is 4.39. The van der Waals surface area contributed by atoms with Gasteiger partial charge in [-0.1, -0.05) is 11.2 Å². The Morgan fingerprint density at radius 1 is 1.14 bits per heavy atom. The number of nitrogens with one attached hydrogen (secondary N) is 1. The van der Waals surface area contributed by atoms with Crippen molar-refractivity contribution < 1.29 is 13.3 Å². The average Bonchev–Trinajstić information content (AvgIpc) is 3.00. The maximum atomic E-state index is 13.4. The van der Waals surface area contributed by atoms with Gasteiger partial charge in [0.05, 0.1) is 12.4 Å². The topological polar surface area (TPSA) is 76.7 Å². The van der Waals surface area contributed by atoms with E-state index in [9.17, 15) is 8.78 Å². The van der Waals surface area contributed by atoms with Crippen LogP contribution >= 0.6 is 0 Å². The first-order chi connectivity index (χ1) is 10.7. The molecule has 0 amide bonds. The number of pyridine rings is 2. The van der Waals surface area contributed by atoms with Crippen LogP contribution in [0.1, 0.15) is 5.82 Å². The lowest BCUT2D eigenvalue weighted by atomic mass is 10.3. The third-order valence-electron chi connectivity index (χ3n) is 2.86. The monoisotopic (exact) mass is 303 g/mol. The van der Waals surface area contributed by atoms with Crippen molar-refractivity contribution in [3.63, 3.8) is 0 Å². The molecule has 0 aliphatic carbocycles. The van der Waals surface area contributed by atoms with Gasteiger partial charge in [-0.15, -0.1) is 0 Å². The number of hydrogen-bond acceptors (Lipinski definition) is 6. The SMILES string of the molecule is Fc1cncc(F)c1NCCc1noc(-c2ccccn2)n1. The maximum absolute atomic E-state index is 13.4. The minimum atomic E-state index is -0.748. The second kappa shape index (κ2) is 6.25. The zero-order chi connectivity index (χ0) is 15.4. The van der Waals surface area contributed by atoms with E-state index in [1.54, 1.807) is 18.3 Å². The maximum Gasteiger partial charge on any atom is 0.276 e. The highest BCUT2D eigenvalue weighted by Gasteiger charge is 2.11. The summed E-state index contributed by atoms with van der Waals surface area (Å²) in [7, 11) is 0. The van der Waals surface area contributed by atoms with Crippen molar-refractivity contribution in [2.75, 3.05) is 11.9 Å². The van der Waals surface area contributed by atoms with Crippen molar-refractivity contribution in [3.8, 4) is 11.6 Å². The van der Waals surface area contributed by atoms with E-state index in [2.05, 4.69) is 25.4 Å². The highest BCUT2D eigenvalue weighted by molar-refractivity contribution is 5.46. The lowest BCUT2D eigenvalue weighted by Gasteiger charge is -2.06. The van der Waals surface area contributed by atoms with E-state index in [0.717, 1.165) is 12.4 Å². The summed E-state index contributed by atoms with van der Waals surface area (Å²) >= 11 is 0. The molecule has 0 spiro atoms. The Labute approximate surface area is 124 Å². The molecule has 0 unspecified atom stereocenters. The Bertz CT molecular complexity index is 743. The molecular formula is C14H11F2N5O. The normalized spacial score (nSPS) is 10.6. The van der Waals surface area contributed by atoms with Gasteiger partial charge in [-0.2, -0.15) is 4.98 Å². The van der Waals surface area contributed by atoms with Crippen molar-refractivity contribution in [2.45, 2.75) is 6.42 Å². The van der Waals surface area contributed by atoms with Crippen LogP contribution in [0.3, 0.4) is 0 Å².